The molecule has 0 aliphatic carbocycles. The van der Waals surface area contributed by atoms with Gasteiger partial charge < -0.3 is 10.1 Å². The first-order chi connectivity index (χ1) is 11.8. The van der Waals surface area contributed by atoms with E-state index in [-0.39, 0.29) is 33.3 Å². The molecule has 0 spiro atoms. The van der Waals surface area contributed by atoms with Crippen LogP contribution in [0.2, 0.25) is 9.36 Å². The fourth-order valence-corrected chi connectivity index (χ4v) is 2.92. The van der Waals surface area contributed by atoms with Crippen LogP contribution in [0.3, 0.4) is 0 Å². The predicted molar refractivity (Wildman–Crippen MR) is 94.4 cm³/mol. The molecule has 2 rings (SSSR count). The lowest BCUT2D eigenvalue weighted by Crippen LogP contribution is -2.40. The van der Waals surface area contributed by atoms with E-state index in [9.17, 15) is 14.0 Å². The summed E-state index contributed by atoms with van der Waals surface area (Å²) < 4.78 is 22.1. The second-order valence-corrected chi connectivity index (χ2v) is 7.29. The molecule has 0 aliphatic heterocycles. The Hall–Kier alpha value is -1.70. The van der Waals surface area contributed by atoms with E-state index < -0.39 is 18.0 Å². The number of rotatable bonds is 6. The van der Waals surface area contributed by atoms with Crippen LogP contribution in [-0.4, -0.2) is 22.4 Å². The first-order valence-electron chi connectivity index (χ1n) is 7.33. The first kappa shape index (κ1) is 19.6. The molecule has 1 aromatic carbocycles. The second kappa shape index (κ2) is 8.60. The quantitative estimate of drug-likeness (QED) is 0.736. The number of halogens is 3. The topological polar surface area (TPSA) is 68.3 Å². The van der Waals surface area contributed by atoms with Crippen LogP contribution in [0, 0.1) is 11.7 Å². The lowest BCUT2D eigenvalue weighted by atomic mass is 10.1. The Morgan fingerprint density at radius 1 is 1.28 bits per heavy atom. The first-order valence-corrected chi connectivity index (χ1v) is 8.86. The Morgan fingerprint density at radius 2 is 1.92 bits per heavy atom. The molecule has 1 N–H and O–H groups in total. The number of nitrogens with one attached hydrogen (secondary N) is 1. The number of esters is 1. The van der Waals surface area contributed by atoms with Crippen molar-refractivity contribution in [2.75, 3.05) is 0 Å². The number of carbonyl (C=O) groups is 2. The van der Waals surface area contributed by atoms with Crippen molar-refractivity contribution < 1.29 is 18.7 Å². The zero-order valence-electron chi connectivity index (χ0n) is 13.4. The van der Waals surface area contributed by atoms with Crippen molar-refractivity contribution in [1.82, 2.24) is 9.69 Å². The summed E-state index contributed by atoms with van der Waals surface area (Å²) in [6.45, 7) is 3.67. The number of hydrogen-bond acceptors (Lipinski definition) is 5. The van der Waals surface area contributed by atoms with Gasteiger partial charge in [-0.15, -0.1) is 0 Å². The highest BCUT2D eigenvalue weighted by molar-refractivity contribution is 7.11. The van der Waals surface area contributed by atoms with Crippen LogP contribution in [0.1, 0.15) is 29.9 Å². The lowest BCUT2D eigenvalue weighted by Gasteiger charge is -2.20. The molecule has 134 valence electrons. The Morgan fingerprint density at radius 3 is 2.44 bits per heavy atom. The summed E-state index contributed by atoms with van der Waals surface area (Å²) in [5.74, 6) is -1.91. The maximum atomic E-state index is 12.9. The number of aromatic nitrogens is 1. The van der Waals surface area contributed by atoms with Crippen LogP contribution in [0.15, 0.2) is 24.3 Å². The number of amides is 1. The standard InChI is InChI=1S/C16H15Cl2FN2O3S/c1-8(2)13(24-16(23)12-11(17)14(18)25-21-12)15(22)20-7-9-3-5-10(19)6-4-9/h3-6,8,13H,7H2,1-2H3,(H,20,22)/t13-/m0/s1. The molecule has 0 radical (unpaired) electrons. The van der Waals surface area contributed by atoms with Gasteiger partial charge in [-0.05, 0) is 35.1 Å². The monoisotopic (exact) mass is 404 g/mol. The molecule has 0 bridgehead atoms. The fraction of sp³-hybridized carbons (Fsp3) is 0.312. The Labute approximate surface area is 158 Å². The van der Waals surface area contributed by atoms with Crippen LogP contribution in [-0.2, 0) is 16.1 Å². The number of benzene rings is 1. The Kier molecular flexibility index (Phi) is 6.75. The van der Waals surface area contributed by atoms with E-state index in [4.69, 9.17) is 27.9 Å². The molecule has 0 saturated carbocycles. The van der Waals surface area contributed by atoms with Crippen molar-refractivity contribution in [2.45, 2.75) is 26.5 Å². The number of ether oxygens (including phenoxy) is 1. The van der Waals surface area contributed by atoms with Gasteiger partial charge in [-0.3, -0.25) is 4.79 Å². The fourth-order valence-electron chi connectivity index (χ4n) is 1.94. The highest BCUT2D eigenvalue weighted by atomic mass is 35.5. The lowest BCUT2D eigenvalue weighted by molar-refractivity contribution is -0.132. The van der Waals surface area contributed by atoms with Gasteiger partial charge >= 0.3 is 5.97 Å². The summed E-state index contributed by atoms with van der Waals surface area (Å²) in [7, 11) is 0. The molecule has 1 aromatic heterocycles. The van der Waals surface area contributed by atoms with Gasteiger partial charge in [0.2, 0.25) is 0 Å². The second-order valence-electron chi connectivity index (χ2n) is 5.53. The average Bonchev–Trinajstić information content (AvgIpc) is 2.90. The van der Waals surface area contributed by atoms with Crippen LogP contribution < -0.4 is 5.32 Å². The summed E-state index contributed by atoms with van der Waals surface area (Å²) in [5, 5.41) is 2.67. The minimum Gasteiger partial charge on any atom is -0.447 e. The molecule has 1 amide bonds. The van der Waals surface area contributed by atoms with Crippen molar-refractivity contribution in [3.63, 3.8) is 0 Å². The number of hydrogen-bond donors (Lipinski definition) is 1. The molecule has 1 heterocycles. The minimum absolute atomic E-state index is 0.00546. The highest BCUT2D eigenvalue weighted by Crippen LogP contribution is 2.30. The van der Waals surface area contributed by atoms with E-state index >= 15 is 0 Å². The maximum absolute atomic E-state index is 12.9. The third kappa shape index (κ3) is 5.14. The molecule has 25 heavy (non-hydrogen) atoms. The molecule has 0 saturated heterocycles. The van der Waals surface area contributed by atoms with E-state index in [1.54, 1.807) is 26.0 Å². The maximum Gasteiger partial charge on any atom is 0.360 e. The SMILES string of the molecule is CC(C)[C@H](OC(=O)c1nsc(Cl)c1Cl)C(=O)NCc1ccc(F)cc1. The molecule has 0 aliphatic rings. The van der Waals surface area contributed by atoms with Gasteiger partial charge in [0, 0.05) is 6.54 Å². The van der Waals surface area contributed by atoms with Gasteiger partial charge in [-0.25, -0.2) is 9.18 Å². The van der Waals surface area contributed by atoms with Crippen molar-refractivity contribution in [2.24, 2.45) is 5.92 Å². The van der Waals surface area contributed by atoms with E-state index in [1.165, 1.54) is 12.1 Å². The van der Waals surface area contributed by atoms with E-state index in [0.717, 1.165) is 17.1 Å². The molecule has 1 atom stereocenters. The Bertz CT molecular complexity index is 765. The minimum atomic E-state index is -1.02. The van der Waals surface area contributed by atoms with Crippen molar-refractivity contribution in [1.29, 1.82) is 0 Å². The number of carbonyl (C=O) groups excluding carboxylic acids is 2. The van der Waals surface area contributed by atoms with Gasteiger partial charge in [-0.2, -0.15) is 4.37 Å². The van der Waals surface area contributed by atoms with Crippen LogP contribution >= 0.6 is 34.7 Å². The molecular formula is C16H15Cl2FN2O3S. The number of nitrogens with zero attached hydrogens (tertiary/aromatic N) is 1. The van der Waals surface area contributed by atoms with Crippen LogP contribution in [0.5, 0.6) is 0 Å². The van der Waals surface area contributed by atoms with E-state index in [0.29, 0.717) is 0 Å². The Balaban J connectivity index is 2.01. The molecular weight excluding hydrogens is 390 g/mol. The summed E-state index contributed by atoms with van der Waals surface area (Å²) in [6.07, 6.45) is -1.02. The van der Waals surface area contributed by atoms with E-state index in [2.05, 4.69) is 9.69 Å². The molecule has 0 unspecified atom stereocenters. The molecule has 2 aromatic rings. The van der Waals surface area contributed by atoms with E-state index in [1.807, 2.05) is 0 Å². The largest absolute Gasteiger partial charge is 0.447 e. The third-order valence-electron chi connectivity index (χ3n) is 3.27. The zero-order valence-corrected chi connectivity index (χ0v) is 15.7. The van der Waals surface area contributed by atoms with Crippen molar-refractivity contribution >= 4 is 46.6 Å². The normalized spacial score (nSPS) is 12.1. The molecule has 0 fully saturated rings. The summed E-state index contributed by atoms with van der Waals surface area (Å²) >= 11 is 12.5. The smallest absolute Gasteiger partial charge is 0.360 e. The van der Waals surface area contributed by atoms with Gasteiger partial charge in [0.25, 0.3) is 5.91 Å². The van der Waals surface area contributed by atoms with Crippen molar-refractivity contribution in [3.8, 4) is 0 Å². The summed E-state index contributed by atoms with van der Waals surface area (Å²) in [6, 6.07) is 5.72. The average molecular weight is 405 g/mol. The van der Waals surface area contributed by atoms with Crippen LogP contribution in [0.4, 0.5) is 4.39 Å². The third-order valence-corrected chi connectivity index (χ3v) is 4.88. The van der Waals surface area contributed by atoms with Crippen molar-refractivity contribution in [3.05, 3.63) is 50.7 Å². The highest BCUT2D eigenvalue weighted by Gasteiger charge is 2.29. The summed E-state index contributed by atoms with van der Waals surface area (Å²) in [4.78, 5) is 24.5. The van der Waals surface area contributed by atoms with Gasteiger partial charge in [0.05, 0.1) is 0 Å². The van der Waals surface area contributed by atoms with Gasteiger partial charge in [0.15, 0.2) is 11.8 Å². The predicted octanol–water partition coefficient (Wildman–Crippen LogP) is 4.09. The molecule has 9 heteroatoms. The zero-order chi connectivity index (χ0) is 18.6. The van der Waals surface area contributed by atoms with Crippen LogP contribution in [0.25, 0.3) is 0 Å². The summed E-state index contributed by atoms with van der Waals surface area (Å²) in [5.41, 5.74) is 0.603. The molecule has 5 nitrogen and oxygen atoms in total. The van der Waals surface area contributed by atoms with Gasteiger partial charge in [-0.1, -0.05) is 49.2 Å². The van der Waals surface area contributed by atoms with Gasteiger partial charge in [0.1, 0.15) is 15.2 Å².